The molecule has 2 heterocycles. The molecule has 12 heteroatoms. The zero-order valence-corrected chi connectivity index (χ0v) is 29.9. The molecule has 1 aromatic heterocycles. The number of aliphatic hydroxyl groups is 2. The third kappa shape index (κ3) is 3.93. The number of hydrogen-bond donors (Lipinski definition) is 4. The molecule has 6 fully saturated rings. The Morgan fingerprint density at radius 3 is 2.44 bits per heavy atom. The standard InChI is InChI=1S/C38H52N2O10/c1-7-14-39-18-35(19-50-33(43)21-10-8-9-11-24(21)40-27(41)15-20(2)32(40)42)13-12-26(47-4)37-23-16-22-25(46-3)17-36(44,28(23)29(22)48-5)38(45,34(37)39)31(49-6)30(35)37/h8-11,15,22-23,25-26,28-31,34,41-42,44-45H,7,12-14,16-19H2,1-6H3/t22?,23?,25?,26?,28?,29?,30?,31?,34-,35+,36?,37?,38?/m1/s1. The second-order valence-electron chi connectivity index (χ2n) is 16.0. The summed E-state index contributed by atoms with van der Waals surface area (Å²) < 4.78 is 32.8. The monoisotopic (exact) mass is 696 g/mol. The molecule has 12 nitrogen and oxygen atoms in total. The Balaban J connectivity index is 1.26. The minimum atomic E-state index is -1.69. The van der Waals surface area contributed by atoms with Crippen LogP contribution in [0.3, 0.4) is 0 Å². The van der Waals surface area contributed by atoms with E-state index in [0.29, 0.717) is 37.2 Å². The van der Waals surface area contributed by atoms with Crippen molar-refractivity contribution in [3.05, 3.63) is 41.5 Å². The summed E-state index contributed by atoms with van der Waals surface area (Å²) in [6.45, 7) is 5.09. The van der Waals surface area contributed by atoms with Crippen LogP contribution in [0.15, 0.2) is 30.3 Å². The van der Waals surface area contributed by atoms with E-state index in [1.807, 2.05) is 0 Å². The summed E-state index contributed by atoms with van der Waals surface area (Å²) in [5.74, 6) is -1.62. The van der Waals surface area contributed by atoms with Gasteiger partial charge in [0.05, 0.1) is 48.3 Å². The first-order chi connectivity index (χ1) is 23.9. The minimum absolute atomic E-state index is 0.0484. The number of nitrogens with zero attached hydrogens (tertiary/aromatic N) is 2. The van der Waals surface area contributed by atoms with Gasteiger partial charge in [-0.15, -0.1) is 0 Å². The zero-order chi connectivity index (χ0) is 35.5. The van der Waals surface area contributed by atoms with Crippen LogP contribution in [0.1, 0.15) is 54.9 Å². The third-order valence-electron chi connectivity index (χ3n) is 14.4. The second kappa shape index (κ2) is 11.6. The number of para-hydroxylation sites is 1. The van der Waals surface area contributed by atoms with Gasteiger partial charge in [-0.3, -0.25) is 9.47 Å². The highest BCUT2D eigenvalue weighted by Crippen LogP contribution is 2.80. The van der Waals surface area contributed by atoms with Gasteiger partial charge >= 0.3 is 5.97 Å². The summed E-state index contributed by atoms with van der Waals surface area (Å²) in [4.78, 5) is 16.5. The number of ether oxygens (including phenoxy) is 5. The maximum atomic E-state index is 14.1. The molecule has 5 aliphatic carbocycles. The Bertz CT molecular complexity index is 1670. The van der Waals surface area contributed by atoms with Crippen LogP contribution in [-0.2, 0) is 23.7 Å². The van der Waals surface area contributed by atoms with Crippen LogP contribution in [0, 0.1) is 41.4 Å². The molecule has 50 heavy (non-hydrogen) atoms. The maximum absolute atomic E-state index is 14.1. The number of likely N-dealkylation sites (tertiary alicyclic amines) is 1. The number of aromatic nitrogens is 1. The normalized spacial score (nSPS) is 44.0. The van der Waals surface area contributed by atoms with Gasteiger partial charge in [-0.05, 0) is 57.2 Å². The summed E-state index contributed by atoms with van der Waals surface area (Å²) in [6.07, 6.45) is 1.62. The number of benzene rings is 1. The van der Waals surface area contributed by atoms with Crippen molar-refractivity contribution in [1.82, 2.24) is 9.47 Å². The number of hydrogen-bond acceptors (Lipinski definition) is 11. The van der Waals surface area contributed by atoms with E-state index in [4.69, 9.17) is 23.7 Å². The number of methoxy groups -OCH3 is 4. The topological polar surface area (TPSA) is 152 Å². The number of carbonyl (C=O) groups is 1. The molecular formula is C38H52N2O10. The van der Waals surface area contributed by atoms with Gasteiger partial charge in [-0.2, -0.15) is 0 Å². The highest BCUT2D eigenvalue weighted by atomic mass is 16.5. The molecule has 13 atom stereocenters. The molecule has 0 amide bonds. The molecule has 1 spiro atoms. The lowest BCUT2D eigenvalue weighted by atomic mass is 9.42. The Morgan fingerprint density at radius 2 is 1.80 bits per heavy atom. The molecule has 11 unspecified atom stereocenters. The van der Waals surface area contributed by atoms with Crippen molar-refractivity contribution in [3.8, 4) is 17.4 Å². The van der Waals surface area contributed by atoms with Crippen LogP contribution in [-0.4, -0.2) is 126 Å². The molecule has 6 aliphatic rings. The lowest BCUT2D eigenvalue weighted by Gasteiger charge is -2.70. The lowest BCUT2D eigenvalue weighted by Crippen LogP contribution is -2.82. The highest BCUT2D eigenvalue weighted by Gasteiger charge is 2.91. The Hall–Kier alpha value is -2.71. The number of aryl methyl sites for hydroxylation is 1. The molecule has 1 aliphatic heterocycles. The highest BCUT2D eigenvalue weighted by molar-refractivity contribution is 5.93. The molecule has 1 aromatic carbocycles. The Labute approximate surface area is 293 Å². The van der Waals surface area contributed by atoms with E-state index in [2.05, 4.69) is 11.8 Å². The molecule has 1 saturated heterocycles. The SMILES string of the molecule is CCCN1C[C@]2(COC(=O)c3ccccc3-n3c(O)cc(C)c3O)CCC(OC)C34C5CC6C(OC)CC(O)(C5C6OC)C(O)(C(OC)C32)[C@H]14. The lowest BCUT2D eigenvalue weighted by molar-refractivity contribution is -0.320. The summed E-state index contributed by atoms with van der Waals surface area (Å²) in [6, 6.07) is 7.73. The van der Waals surface area contributed by atoms with Crippen molar-refractivity contribution in [2.45, 2.75) is 87.6 Å². The number of rotatable bonds is 10. The molecule has 7 bridgehead atoms. The van der Waals surface area contributed by atoms with E-state index in [1.54, 1.807) is 59.6 Å². The van der Waals surface area contributed by atoms with Crippen molar-refractivity contribution in [2.75, 3.05) is 48.1 Å². The van der Waals surface area contributed by atoms with E-state index < -0.39 is 40.1 Å². The molecule has 2 aromatic rings. The van der Waals surface area contributed by atoms with Crippen LogP contribution in [0.25, 0.3) is 5.69 Å². The summed E-state index contributed by atoms with van der Waals surface area (Å²) >= 11 is 0. The van der Waals surface area contributed by atoms with Crippen LogP contribution in [0.4, 0.5) is 0 Å². The second-order valence-corrected chi connectivity index (χ2v) is 16.0. The average Bonchev–Trinajstić information content (AvgIpc) is 3.64. The van der Waals surface area contributed by atoms with Gasteiger partial charge < -0.3 is 44.1 Å². The first kappa shape index (κ1) is 34.4. The average molecular weight is 697 g/mol. The zero-order valence-electron chi connectivity index (χ0n) is 29.9. The fourth-order valence-corrected chi connectivity index (χ4v) is 13.2. The fourth-order valence-electron chi connectivity index (χ4n) is 13.2. The van der Waals surface area contributed by atoms with E-state index in [0.717, 1.165) is 12.8 Å². The van der Waals surface area contributed by atoms with Crippen LogP contribution < -0.4 is 0 Å². The van der Waals surface area contributed by atoms with Gasteiger partial charge in [0.15, 0.2) is 5.88 Å². The van der Waals surface area contributed by atoms with Crippen molar-refractivity contribution in [1.29, 1.82) is 0 Å². The van der Waals surface area contributed by atoms with Crippen molar-refractivity contribution < 1.29 is 48.9 Å². The van der Waals surface area contributed by atoms with Crippen molar-refractivity contribution >= 4 is 5.97 Å². The molecule has 274 valence electrons. The van der Waals surface area contributed by atoms with Gasteiger partial charge in [0.1, 0.15) is 11.2 Å². The van der Waals surface area contributed by atoms with Crippen LogP contribution in [0.2, 0.25) is 0 Å². The molecular weight excluding hydrogens is 644 g/mol. The number of carbonyl (C=O) groups excluding carboxylic acids is 1. The first-order valence-electron chi connectivity index (χ1n) is 18.1. The van der Waals surface area contributed by atoms with E-state index in [-0.39, 0.29) is 72.3 Å². The predicted molar refractivity (Wildman–Crippen MR) is 180 cm³/mol. The number of piperidine rings is 1. The number of aromatic hydroxyl groups is 2. The van der Waals surface area contributed by atoms with Gasteiger partial charge in [-0.1, -0.05) is 19.1 Å². The Morgan fingerprint density at radius 1 is 1.04 bits per heavy atom. The van der Waals surface area contributed by atoms with Crippen LogP contribution in [0.5, 0.6) is 11.8 Å². The molecule has 8 rings (SSSR count). The third-order valence-corrected chi connectivity index (χ3v) is 14.4. The van der Waals surface area contributed by atoms with E-state index in [9.17, 15) is 25.2 Å². The fraction of sp³-hybridized carbons (Fsp3) is 0.711. The van der Waals surface area contributed by atoms with Crippen molar-refractivity contribution in [3.63, 3.8) is 0 Å². The smallest absolute Gasteiger partial charge is 0.340 e. The predicted octanol–water partition coefficient (Wildman–Crippen LogP) is 3.04. The summed E-state index contributed by atoms with van der Waals surface area (Å²) in [5.41, 5.74) is -3.54. The molecule has 5 saturated carbocycles. The molecule has 0 radical (unpaired) electrons. The number of fused-ring (bicyclic) bond motifs is 2. The van der Waals surface area contributed by atoms with Crippen LogP contribution >= 0.6 is 0 Å². The number of esters is 1. The first-order valence-corrected chi connectivity index (χ1v) is 18.1. The molecule has 4 N–H and O–H groups in total. The van der Waals surface area contributed by atoms with Gasteiger partial charge in [0.25, 0.3) is 0 Å². The van der Waals surface area contributed by atoms with Gasteiger partial charge in [-0.25, -0.2) is 4.79 Å². The van der Waals surface area contributed by atoms with Gasteiger partial charge in [0.2, 0.25) is 5.88 Å². The summed E-state index contributed by atoms with van der Waals surface area (Å²) in [5, 5.41) is 48.2. The Kier molecular flexibility index (Phi) is 8.01. The summed E-state index contributed by atoms with van der Waals surface area (Å²) in [7, 11) is 6.75. The minimum Gasteiger partial charge on any atom is -0.494 e. The van der Waals surface area contributed by atoms with E-state index >= 15 is 0 Å². The largest absolute Gasteiger partial charge is 0.494 e. The van der Waals surface area contributed by atoms with E-state index in [1.165, 1.54) is 10.6 Å². The maximum Gasteiger partial charge on any atom is 0.340 e. The quantitative estimate of drug-likeness (QED) is 0.272. The van der Waals surface area contributed by atoms with Gasteiger partial charge in [0, 0.05) is 81.6 Å². The van der Waals surface area contributed by atoms with Crippen molar-refractivity contribution in [2.24, 2.45) is 34.5 Å².